The maximum atomic E-state index is 9.68. The highest BCUT2D eigenvalue weighted by Crippen LogP contribution is 2.32. The highest BCUT2D eigenvalue weighted by molar-refractivity contribution is 4.91. The number of aliphatic hydroxyl groups is 1. The molecule has 2 rings (SSSR count). The average molecular weight is 212 g/mol. The predicted octanol–water partition coefficient (Wildman–Crippen LogP) is 0.959. The highest BCUT2D eigenvalue weighted by Gasteiger charge is 2.35. The molecule has 0 bridgehead atoms. The summed E-state index contributed by atoms with van der Waals surface area (Å²) < 4.78 is 0. The molecule has 0 aromatic heterocycles. The zero-order valence-electron chi connectivity index (χ0n) is 9.73. The van der Waals surface area contributed by atoms with Gasteiger partial charge in [0, 0.05) is 25.2 Å². The van der Waals surface area contributed by atoms with E-state index in [1.54, 1.807) is 0 Å². The van der Waals surface area contributed by atoms with Gasteiger partial charge in [-0.25, -0.2) is 0 Å². The second-order valence-electron chi connectivity index (χ2n) is 5.34. The summed E-state index contributed by atoms with van der Waals surface area (Å²) in [6, 6.07) is 1.14. The van der Waals surface area contributed by atoms with Crippen molar-refractivity contribution in [1.29, 1.82) is 0 Å². The van der Waals surface area contributed by atoms with Crippen LogP contribution in [0.4, 0.5) is 0 Å². The van der Waals surface area contributed by atoms with Crippen LogP contribution in [0.15, 0.2) is 0 Å². The van der Waals surface area contributed by atoms with Crippen LogP contribution >= 0.6 is 0 Å². The quantitative estimate of drug-likeness (QED) is 0.730. The van der Waals surface area contributed by atoms with E-state index in [1.165, 1.54) is 12.8 Å². The molecular weight excluding hydrogens is 188 g/mol. The molecule has 0 spiro atoms. The van der Waals surface area contributed by atoms with Crippen molar-refractivity contribution in [2.45, 2.75) is 57.2 Å². The van der Waals surface area contributed by atoms with Crippen LogP contribution in [0.2, 0.25) is 0 Å². The van der Waals surface area contributed by atoms with Crippen LogP contribution in [0.1, 0.15) is 39.0 Å². The number of aliphatic hydroxyl groups excluding tert-OH is 1. The fraction of sp³-hybridized carbons (Fsp3) is 1.00. The fourth-order valence-electron chi connectivity index (χ4n) is 2.74. The number of likely N-dealkylation sites (tertiary alicyclic amines) is 1. The molecule has 15 heavy (non-hydrogen) atoms. The van der Waals surface area contributed by atoms with Gasteiger partial charge in [0.15, 0.2) is 0 Å². The molecule has 1 saturated carbocycles. The zero-order chi connectivity index (χ0) is 10.8. The number of nitrogens with zero attached hydrogens (tertiary/aromatic N) is 1. The second kappa shape index (κ2) is 4.81. The van der Waals surface area contributed by atoms with Crippen molar-refractivity contribution in [3.8, 4) is 0 Å². The van der Waals surface area contributed by atoms with Gasteiger partial charge < -0.3 is 10.8 Å². The molecule has 3 atom stereocenters. The van der Waals surface area contributed by atoms with Crippen molar-refractivity contribution in [3.63, 3.8) is 0 Å². The normalized spacial score (nSPS) is 35.4. The lowest BCUT2D eigenvalue weighted by Crippen LogP contribution is -2.48. The first-order chi connectivity index (χ1) is 7.19. The number of rotatable bonds is 4. The summed E-state index contributed by atoms with van der Waals surface area (Å²) in [5, 5.41) is 9.68. The van der Waals surface area contributed by atoms with E-state index in [-0.39, 0.29) is 6.10 Å². The Morgan fingerprint density at radius 3 is 2.73 bits per heavy atom. The van der Waals surface area contributed by atoms with E-state index in [0.29, 0.717) is 12.0 Å². The van der Waals surface area contributed by atoms with E-state index in [9.17, 15) is 5.11 Å². The minimum Gasteiger partial charge on any atom is -0.393 e. The van der Waals surface area contributed by atoms with E-state index < -0.39 is 0 Å². The van der Waals surface area contributed by atoms with Crippen molar-refractivity contribution in [2.75, 3.05) is 13.1 Å². The molecule has 1 heterocycles. The summed E-state index contributed by atoms with van der Waals surface area (Å²) in [6.07, 6.45) is 5.50. The summed E-state index contributed by atoms with van der Waals surface area (Å²) in [6.45, 7) is 4.28. The van der Waals surface area contributed by atoms with E-state index >= 15 is 0 Å². The summed E-state index contributed by atoms with van der Waals surface area (Å²) in [4.78, 5) is 2.54. The molecule has 2 aliphatic rings. The van der Waals surface area contributed by atoms with Crippen molar-refractivity contribution in [1.82, 2.24) is 4.90 Å². The Bertz CT molecular complexity index is 206. The fourth-order valence-corrected chi connectivity index (χ4v) is 2.74. The predicted molar refractivity (Wildman–Crippen MR) is 61.6 cm³/mol. The van der Waals surface area contributed by atoms with Gasteiger partial charge in [0.1, 0.15) is 0 Å². The average Bonchev–Trinajstić information content (AvgIpc) is 2.99. The van der Waals surface area contributed by atoms with E-state index in [1.807, 2.05) is 6.92 Å². The molecule has 1 aliphatic carbocycles. The number of hydrogen-bond donors (Lipinski definition) is 2. The van der Waals surface area contributed by atoms with E-state index in [0.717, 1.165) is 38.4 Å². The van der Waals surface area contributed by atoms with Crippen LogP contribution in [0.5, 0.6) is 0 Å². The Hall–Kier alpha value is -0.120. The Morgan fingerprint density at radius 1 is 1.40 bits per heavy atom. The lowest BCUT2D eigenvalue weighted by atomic mass is 9.89. The minimum absolute atomic E-state index is 0.124. The van der Waals surface area contributed by atoms with Gasteiger partial charge in [-0.2, -0.15) is 0 Å². The molecule has 0 aromatic rings. The topological polar surface area (TPSA) is 49.5 Å². The monoisotopic (exact) mass is 212 g/mol. The zero-order valence-corrected chi connectivity index (χ0v) is 9.73. The first-order valence-corrected chi connectivity index (χ1v) is 6.36. The Morgan fingerprint density at radius 2 is 2.13 bits per heavy atom. The third kappa shape index (κ3) is 3.16. The standard InChI is InChI=1S/C12H24N2O/c1-2-12(15)6-9-5-10(13)8-14(7-9)11-3-4-11/h9-12,15H,2-8,13H2,1H3. The number of piperidine rings is 1. The molecular formula is C12H24N2O. The highest BCUT2D eigenvalue weighted by atomic mass is 16.3. The molecule has 1 saturated heterocycles. The van der Waals surface area contributed by atoms with Gasteiger partial charge in [-0.05, 0) is 38.0 Å². The van der Waals surface area contributed by atoms with Gasteiger partial charge >= 0.3 is 0 Å². The molecule has 0 aromatic carbocycles. The number of nitrogens with two attached hydrogens (primary N) is 1. The molecule has 0 amide bonds. The van der Waals surface area contributed by atoms with Gasteiger partial charge in [-0.1, -0.05) is 6.92 Å². The second-order valence-corrected chi connectivity index (χ2v) is 5.34. The lowest BCUT2D eigenvalue weighted by Gasteiger charge is -2.37. The minimum atomic E-state index is -0.124. The molecule has 2 fully saturated rings. The van der Waals surface area contributed by atoms with Crippen molar-refractivity contribution < 1.29 is 5.11 Å². The van der Waals surface area contributed by atoms with Gasteiger partial charge in [0.05, 0.1) is 6.10 Å². The van der Waals surface area contributed by atoms with Crippen LogP contribution < -0.4 is 5.73 Å². The van der Waals surface area contributed by atoms with Crippen LogP contribution in [0.25, 0.3) is 0 Å². The Kier molecular flexibility index (Phi) is 3.65. The van der Waals surface area contributed by atoms with E-state index in [4.69, 9.17) is 5.73 Å². The van der Waals surface area contributed by atoms with Gasteiger partial charge in [0.25, 0.3) is 0 Å². The van der Waals surface area contributed by atoms with Crippen LogP contribution in [-0.2, 0) is 0 Å². The van der Waals surface area contributed by atoms with Gasteiger partial charge in [-0.3, -0.25) is 4.90 Å². The first kappa shape index (κ1) is 11.4. The molecule has 1 aliphatic heterocycles. The van der Waals surface area contributed by atoms with Crippen molar-refractivity contribution in [2.24, 2.45) is 11.7 Å². The van der Waals surface area contributed by atoms with Crippen LogP contribution in [0, 0.1) is 5.92 Å². The number of hydrogen-bond acceptors (Lipinski definition) is 3. The van der Waals surface area contributed by atoms with Crippen LogP contribution in [0.3, 0.4) is 0 Å². The third-order valence-electron chi connectivity index (χ3n) is 3.74. The largest absolute Gasteiger partial charge is 0.393 e. The summed E-state index contributed by atoms with van der Waals surface area (Å²) in [5.41, 5.74) is 6.07. The summed E-state index contributed by atoms with van der Waals surface area (Å²) in [7, 11) is 0. The molecule has 0 radical (unpaired) electrons. The molecule has 3 unspecified atom stereocenters. The smallest absolute Gasteiger partial charge is 0.0540 e. The maximum absolute atomic E-state index is 9.68. The Balaban J connectivity index is 1.82. The summed E-state index contributed by atoms with van der Waals surface area (Å²) in [5.74, 6) is 0.615. The SMILES string of the molecule is CCC(O)CC1CC(N)CN(C2CC2)C1. The van der Waals surface area contributed by atoms with Crippen molar-refractivity contribution >= 4 is 0 Å². The first-order valence-electron chi connectivity index (χ1n) is 6.36. The maximum Gasteiger partial charge on any atom is 0.0540 e. The Labute approximate surface area is 92.6 Å². The van der Waals surface area contributed by atoms with E-state index in [2.05, 4.69) is 4.90 Å². The van der Waals surface area contributed by atoms with Crippen LogP contribution in [-0.4, -0.2) is 41.3 Å². The van der Waals surface area contributed by atoms with Gasteiger partial charge in [0.2, 0.25) is 0 Å². The third-order valence-corrected chi connectivity index (χ3v) is 3.74. The molecule has 3 N–H and O–H groups in total. The van der Waals surface area contributed by atoms with Crippen molar-refractivity contribution in [3.05, 3.63) is 0 Å². The lowest BCUT2D eigenvalue weighted by molar-refractivity contribution is 0.0873. The molecule has 88 valence electrons. The molecule has 3 nitrogen and oxygen atoms in total. The molecule has 3 heteroatoms. The summed E-state index contributed by atoms with van der Waals surface area (Å²) >= 11 is 0. The van der Waals surface area contributed by atoms with Gasteiger partial charge in [-0.15, -0.1) is 0 Å².